The van der Waals surface area contributed by atoms with Crippen LogP contribution >= 0.6 is 0 Å². The summed E-state index contributed by atoms with van der Waals surface area (Å²) in [6, 6.07) is -0.449. The Morgan fingerprint density at radius 2 is 2.60 bits per heavy atom. The number of aliphatic carboxylic acids is 1. The molecule has 0 amide bonds. The van der Waals surface area contributed by atoms with Gasteiger partial charge in [-0.15, -0.1) is 0 Å². The second-order valence-electron chi connectivity index (χ2n) is 2.44. The second-order valence-corrected chi connectivity index (χ2v) is 2.44. The van der Waals surface area contributed by atoms with Crippen molar-refractivity contribution < 1.29 is 9.90 Å². The Labute approximate surface area is 59.8 Å². The molecule has 1 rings (SSSR count). The predicted octanol–water partition coefficient (Wildman–Crippen LogP) is 1.08. The fourth-order valence-electron chi connectivity index (χ4n) is 1.10. The third-order valence-corrected chi connectivity index (χ3v) is 1.74. The first-order valence-electron chi connectivity index (χ1n) is 3.52. The van der Waals surface area contributed by atoms with E-state index >= 15 is 0 Å². The summed E-state index contributed by atoms with van der Waals surface area (Å²) in [5.41, 5.74) is 1.05. The first-order chi connectivity index (χ1) is 4.74. The summed E-state index contributed by atoms with van der Waals surface area (Å²) in [6.07, 6.45) is 2.45. The molecule has 0 aromatic carbocycles. The zero-order valence-corrected chi connectivity index (χ0v) is 6.00. The molecule has 0 saturated carbocycles. The van der Waals surface area contributed by atoms with E-state index in [1.54, 1.807) is 0 Å². The van der Waals surface area contributed by atoms with E-state index in [-0.39, 0.29) is 0 Å². The second kappa shape index (κ2) is 2.82. The van der Waals surface area contributed by atoms with Gasteiger partial charge in [-0.1, -0.05) is 6.92 Å². The van der Waals surface area contributed by atoms with E-state index in [4.69, 9.17) is 5.11 Å². The van der Waals surface area contributed by atoms with E-state index in [2.05, 4.69) is 4.99 Å². The molecular formula is C7H11NO2. The maximum absolute atomic E-state index is 10.4. The van der Waals surface area contributed by atoms with Crippen LogP contribution in [0.15, 0.2) is 4.99 Å². The lowest BCUT2D eigenvalue weighted by atomic mass is 10.2. The minimum atomic E-state index is -0.788. The van der Waals surface area contributed by atoms with Gasteiger partial charge in [0.25, 0.3) is 0 Å². The van der Waals surface area contributed by atoms with Crippen molar-refractivity contribution in [3.05, 3.63) is 0 Å². The van der Waals surface area contributed by atoms with Crippen molar-refractivity contribution in [2.75, 3.05) is 0 Å². The third-order valence-electron chi connectivity index (χ3n) is 1.74. The van der Waals surface area contributed by atoms with E-state index in [9.17, 15) is 4.79 Å². The number of carbonyl (C=O) groups is 1. The quantitative estimate of drug-likeness (QED) is 0.625. The van der Waals surface area contributed by atoms with Crippen LogP contribution in [0.25, 0.3) is 0 Å². The van der Waals surface area contributed by atoms with Crippen molar-refractivity contribution in [2.45, 2.75) is 32.2 Å². The monoisotopic (exact) mass is 141 g/mol. The van der Waals surface area contributed by atoms with Crippen molar-refractivity contribution in [2.24, 2.45) is 4.99 Å². The summed E-state index contributed by atoms with van der Waals surface area (Å²) in [5, 5.41) is 8.52. The molecule has 3 nitrogen and oxygen atoms in total. The van der Waals surface area contributed by atoms with Crippen LogP contribution in [-0.2, 0) is 4.79 Å². The number of carboxylic acid groups (broad SMARTS) is 1. The summed E-state index contributed by atoms with van der Waals surface area (Å²) in [6.45, 7) is 2.00. The average molecular weight is 141 g/mol. The van der Waals surface area contributed by atoms with Gasteiger partial charge < -0.3 is 5.11 Å². The van der Waals surface area contributed by atoms with Gasteiger partial charge in [-0.3, -0.25) is 4.99 Å². The van der Waals surface area contributed by atoms with Crippen LogP contribution in [0.2, 0.25) is 0 Å². The molecule has 0 aromatic rings. The fraction of sp³-hybridized carbons (Fsp3) is 0.714. The molecule has 10 heavy (non-hydrogen) atoms. The van der Waals surface area contributed by atoms with Gasteiger partial charge >= 0.3 is 5.97 Å². The van der Waals surface area contributed by atoms with Crippen molar-refractivity contribution >= 4 is 11.7 Å². The van der Waals surface area contributed by atoms with Crippen LogP contribution in [-0.4, -0.2) is 22.8 Å². The first kappa shape index (κ1) is 7.25. The number of hydrogen-bond acceptors (Lipinski definition) is 2. The highest BCUT2D eigenvalue weighted by Crippen LogP contribution is 2.14. The molecule has 0 aliphatic carbocycles. The maximum Gasteiger partial charge on any atom is 0.328 e. The predicted molar refractivity (Wildman–Crippen MR) is 38.4 cm³/mol. The number of hydrogen-bond donors (Lipinski definition) is 1. The maximum atomic E-state index is 10.4. The molecule has 0 saturated heterocycles. The zero-order valence-electron chi connectivity index (χ0n) is 6.00. The van der Waals surface area contributed by atoms with Crippen LogP contribution in [0.1, 0.15) is 26.2 Å². The summed E-state index contributed by atoms with van der Waals surface area (Å²) in [5.74, 6) is -0.788. The van der Waals surface area contributed by atoms with Crippen LogP contribution < -0.4 is 0 Å². The minimum absolute atomic E-state index is 0.449. The Hall–Kier alpha value is -0.860. The number of nitrogens with zero attached hydrogens (tertiary/aromatic N) is 1. The zero-order chi connectivity index (χ0) is 7.56. The summed E-state index contributed by atoms with van der Waals surface area (Å²) in [4.78, 5) is 14.4. The Kier molecular flexibility index (Phi) is 2.04. The highest BCUT2D eigenvalue weighted by Gasteiger charge is 2.21. The van der Waals surface area contributed by atoms with E-state index in [0.29, 0.717) is 6.42 Å². The molecule has 0 radical (unpaired) electrons. The molecule has 0 aromatic heterocycles. The van der Waals surface area contributed by atoms with Crippen LogP contribution in [0.4, 0.5) is 0 Å². The smallest absolute Gasteiger partial charge is 0.328 e. The standard InChI is InChI=1S/C7H11NO2/c1-2-5-3-4-6(8-5)7(9)10/h6H,2-4H2,1H3,(H,9,10)/t6-/m0/s1. The van der Waals surface area contributed by atoms with Gasteiger partial charge in [-0.25, -0.2) is 4.79 Å². The molecule has 1 atom stereocenters. The molecule has 0 spiro atoms. The van der Waals surface area contributed by atoms with Crippen molar-refractivity contribution in [1.82, 2.24) is 0 Å². The average Bonchev–Trinajstić information content (AvgIpc) is 2.34. The van der Waals surface area contributed by atoms with E-state index in [1.807, 2.05) is 6.92 Å². The van der Waals surface area contributed by atoms with Crippen molar-refractivity contribution in [1.29, 1.82) is 0 Å². The van der Waals surface area contributed by atoms with Gasteiger partial charge in [0.05, 0.1) is 0 Å². The van der Waals surface area contributed by atoms with E-state index in [0.717, 1.165) is 18.6 Å². The van der Waals surface area contributed by atoms with Gasteiger partial charge in [0, 0.05) is 5.71 Å². The SMILES string of the molecule is CCC1=N[C@H](C(=O)O)CC1. The lowest BCUT2D eigenvalue weighted by Gasteiger charge is -1.94. The molecule has 1 aliphatic heterocycles. The van der Waals surface area contributed by atoms with Crippen molar-refractivity contribution in [3.8, 4) is 0 Å². The lowest BCUT2D eigenvalue weighted by Crippen LogP contribution is -2.13. The molecule has 1 heterocycles. The number of aliphatic imine (C=N–C) groups is 1. The van der Waals surface area contributed by atoms with Gasteiger partial charge in [0.2, 0.25) is 0 Å². The third kappa shape index (κ3) is 1.35. The minimum Gasteiger partial charge on any atom is -0.480 e. The Morgan fingerprint density at radius 1 is 1.90 bits per heavy atom. The molecule has 1 aliphatic rings. The molecule has 0 fully saturated rings. The van der Waals surface area contributed by atoms with Crippen LogP contribution in [0, 0.1) is 0 Å². The van der Waals surface area contributed by atoms with Crippen LogP contribution in [0.5, 0.6) is 0 Å². The Balaban J connectivity index is 2.55. The molecule has 0 unspecified atom stereocenters. The highest BCUT2D eigenvalue weighted by atomic mass is 16.4. The molecule has 0 bridgehead atoms. The molecular weight excluding hydrogens is 130 g/mol. The summed E-state index contributed by atoms with van der Waals surface area (Å²) >= 11 is 0. The Morgan fingerprint density at radius 3 is 2.90 bits per heavy atom. The topological polar surface area (TPSA) is 49.7 Å². The molecule has 56 valence electrons. The van der Waals surface area contributed by atoms with E-state index in [1.165, 1.54) is 0 Å². The lowest BCUT2D eigenvalue weighted by molar-refractivity contribution is -0.138. The summed E-state index contributed by atoms with van der Waals surface area (Å²) in [7, 11) is 0. The fourth-order valence-corrected chi connectivity index (χ4v) is 1.10. The van der Waals surface area contributed by atoms with Gasteiger partial charge in [-0.05, 0) is 19.3 Å². The number of carboxylic acids is 1. The largest absolute Gasteiger partial charge is 0.480 e. The van der Waals surface area contributed by atoms with E-state index < -0.39 is 12.0 Å². The first-order valence-corrected chi connectivity index (χ1v) is 3.52. The van der Waals surface area contributed by atoms with Crippen LogP contribution in [0.3, 0.4) is 0 Å². The number of rotatable bonds is 2. The van der Waals surface area contributed by atoms with Gasteiger partial charge in [0.15, 0.2) is 0 Å². The normalized spacial score (nSPS) is 24.5. The molecule has 3 heteroatoms. The van der Waals surface area contributed by atoms with Gasteiger partial charge in [0.1, 0.15) is 6.04 Å². The van der Waals surface area contributed by atoms with Crippen molar-refractivity contribution in [3.63, 3.8) is 0 Å². The van der Waals surface area contributed by atoms with Gasteiger partial charge in [-0.2, -0.15) is 0 Å². The Bertz CT molecular complexity index is 174. The molecule has 1 N–H and O–H groups in total. The summed E-state index contributed by atoms with van der Waals surface area (Å²) < 4.78 is 0. The highest BCUT2D eigenvalue weighted by molar-refractivity contribution is 5.90.